The highest BCUT2D eigenvalue weighted by Crippen LogP contribution is 2.25. The van der Waals surface area contributed by atoms with Gasteiger partial charge in [0.2, 0.25) is 0 Å². The number of aromatic nitrogens is 1. The number of hydrogen-bond donors (Lipinski definition) is 1. The van der Waals surface area contributed by atoms with Crippen LogP contribution in [0.25, 0.3) is 0 Å². The quantitative estimate of drug-likeness (QED) is 0.871. The fourth-order valence-corrected chi connectivity index (χ4v) is 2.84. The molecule has 2 aromatic rings. The van der Waals surface area contributed by atoms with Gasteiger partial charge in [-0.05, 0) is 35.6 Å². The van der Waals surface area contributed by atoms with Crippen LogP contribution in [0.1, 0.15) is 23.3 Å². The second-order valence-corrected chi connectivity index (χ2v) is 5.96. The average Bonchev–Trinajstić information content (AvgIpc) is 2.97. The average molecular weight is 314 g/mol. The molecule has 0 saturated heterocycles. The zero-order chi connectivity index (χ0) is 15.3. The first kappa shape index (κ1) is 16.0. The van der Waals surface area contributed by atoms with Crippen LogP contribution < -0.4 is 5.32 Å². The topological polar surface area (TPSA) is 24.9 Å². The zero-order valence-electron chi connectivity index (χ0n) is 11.6. The predicted molar refractivity (Wildman–Crippen MR) is 78.5 cm³/mol. The maximum Gasteiger partial charge on any atom is 0.404 e. The number of rotatable bonds is 6. The normalized spacial score (nSPS) is 14.9. The molecule has 0 unspecified atom stereocenters. The van der Waals surface area contributed by atoms with E-state index in [1.54, 1.807) is 23.5 Å². The van der Waals surface area contributed by atoms with Crippen molar-refractivity contribution < 1.29 is 13.2 Å². The van der Waals surface area contributed by atoms with Crippen LogP contribution in [0, 0.1) is 0 Å². The minimum atomic E-state index is -4.27. The monoisotopic (exact) mass is 314 g/mol. The third-order valence-corrected chi connectivity index (χ3v) is 4.39. The standard InChI is InChI=1S/C15H17F3N2S/c1-11(13-3-2-8-21-13)10-20-14(15(16,17)18)9-12-4-6-19-7-5-12/h2-8,11,14,20H,9-10H2,1H3/t11-,14+/m0/s1. The lowest BCUT2D eigenvalue weighted by Crippen LogP contribution is -2.45. The largest absolute Gasteiger partial charge is 0.404 e. The fraction of sp³-hybridized carbons (Fsp3) is 0.400. The Kier molecular flexibility index (Phi) is 5.36. The van der Waals surface area contributed by atoms with Crippen molar-refractivity contribution in [2.75, 3.05) is 6.54 Å². The number of halogens is 3. The summed E-state index contributed by atoms with van der Waals surface area (Å²) in [5.74, 6) is 0.0623. The van der Waals surface area contributed by atoms with Gasteiger partial charge in [0.05, 0.1) is 0 Å². The van der Waals surface area contributed by atoms with Crippen molar-refractivity contribution in [3.05, 3.63) is 52.5 Å². The Labute approximate surface area is 126 Å². The van der Waals surface area contributed by atoms with E-state index in [1.165, 1.54) is 12.4 Å². The van der Waals surface area contributed by atoms with Gasteiger partial charge in [-0.25, -0.2) is 0 Å². The van der Waals surface area contributed by atoms with Gasteiger partial charge < -0.3 is 5.32 Å². The van der Waals surface area contributed by atoms with Crippen LogP contribution in [0.5, 0.6) is 0 Å². The van der Waals surface area contributed by atoms with Crippen molar-refractivity contribution in [3.8, 4) is 0 Å². The molecule has 0 aliphatic carbocycles. The molecule has 1 N–H and O–H groups in total. The first-order valence-corrected chi connectivity index (χ1v) is 7.57. The van der Waals surface area contributed by atoms with Crippen LogP contribution in [0.15, 0.2) is 42.0 Å². The number of alkyl halides is 3. The number of hydrogen-bond acceptors (Lipinski definition) is 3. The van der Waals surface area contributed by atoms with Crippen molar-refractivity contribution in [1.29, 1.82) is 0 Å². The number of nitrogens with zero attached hydrogens (tertiary/aromatic N) is 1. The van der Waals surface area contributed by atoms with Crippen molar-refractivity contribution in [2.24, 2.45) is 0 Å². The Hall–Kier alpha value is -1.40. The molecule has 6 heteroatoms. The van der Waals surface area contributed by atoms with E-state index in [2.05, 4.69) is 10.3 Å². The van der Waals surface area contributed by atoms with Gasteiger partial charge in [0.15, 0.2) is 0 Å². The SMILES string of the molecule is C[C@@H](CN[C@H](Cc1ccncc1)C(F)(F)F)c1cccs1. The lowest BCUT2D eigenvalue weighted by atomic mass is 10.1. The minimum Gasteiger partial charge on any atom is -0.305 e. The van der Waals surface area contributed by atoms with Crippen molar-refractivity contribution in [1.82, 2.24) is 10.3 Å². The molecule has 21 heavy (non-hydrogen) atoms. The third-order valence-electron chi connectivity index (χ3n) is 3.28. The van der Waals surface area contributed by atoms with E-state index in [0.717, 1.165) is 4.88 Å². The Morgan fingerprint density at radius 1 is 1.24 bits per heavy atom. The second-order valence-electron chi connectivity index (χ2n) is 4.98. The second kappa shape index (κ2) is 7.04. The van der Waals surface area contributed by atoms with Gasteiger partial charge in [-0.2, -0.15) is 13.2 Å². The molecule has 0 spiro atoms. The first-order chi connectivity index (χ1) is 9.97. The predicted octanol–water partition coefficient (Wildman–Crippen LogP) is 4.01. The highest BCUT2D eigenvalue weighted by Gasteiger charge is 2.39. The molecule has 0 amide bonds. The van der Waals surface area contributed by atoms with E-state index in [4.69, 9.17) is 0 Å². The molecule has 0 bridgehead atoms. The lowest BCUT2D eigenvalue weighted by molar-refractivity contribution is -0.155. The summed E-state index contributed by atoms with van der Waals surface area (Å²) in [4.78, 5) is 4.91. The smallest absolute Gasteiger partial charge is 0.305 e. The molecule has 0 aromatic carbocycles. The molecule has 0 saturated carbocycles. The van der Waals surface area contributed by atoms with Gasteiger partial charge in [-0.15, -0.1) is 11.3 Å². The molecule has 0 aliphatic rings. The molecular weight excluding hydrogens is 297 g/mol. The van der Waals surface area contributed by atoms with Crippen LogP contribution in [0.4, 0.5) is 13.2 Å². The van der Waals surface area contributed by atoms with Crippen LogP contribution in [0.3, 0.4) is 0 Å². The summed E-state index contributed by atoms with van der Waals surface area (Å²) in [6.07, 6.45) is -1.32. The van der Waals surface area contributed by atoms with Gasteiger partial charge in [0.1, 0.15) is 6.04 Å². The number of thiophene rings is 1. The van der Waals surface area contributed by atoms with Crippen LogP contribution >= 0.6 is 11.3 Å². The summed E-state index contributed by atoms with van der Waals surface area (Å²) < 4.78 is 39.4. The maximum absolute atomic E-state index is 13.1. The Morgan fingerprint density at radius 3 is 2.52 bits per heavy atom. The van der Waals surface area contributed by atoms with E-state index in [-0.39, 0.29) is 12.3 Å². The molecule has 2 nitrogen and oxygen atoms in total. The molecule has 0 radical (unpaired) electrons. The molecule has 2 atom stereocenters. The van der Waals surface area contributed by atoms with E-state index < -0.39 is 12.2 Å². The van der Waals surface area contributed by atoms with Crippen LogP contribution in [-0.4, -0.2) is 23.7 Å². The number of pyridine rings is 1. The zero-order valence-corrected chi connectivity index (χ0v) is 12.4. The highest BCUT2D eigenvalue weighted by atomic mass is 32.1. The molecule has 2 aromatic heterocycles. The number of nitrogens with one attached hydrogen (secondary N) is 1. The van der Waals surface area contributed by atoms with E-state index >= 15 is 0 Å². The molecule has 0 fully saturated rings. The molecule has 2 rings (SSSR count). The van der Waals surface area contributed by atoms with Crippen molar-refractivity contribution in [2.45, 2.75) is 31.5 Å². The van der Waals surface area contributed by atoms with Crippen LogP contribution in [-0.2, 0) is 6.42 Å². The summed E-state index contributed by atoms with van der Waals surface area (Å²) in [5.41, 5.74) is 0.628. The Bertz CT molecular complexity index is 526. The summed E-state index contributed by atoms with van der Waals surface area (Å²) in [6, 6.07) is 5.55. The van der Waals surface area contributed by atoms with Gasteiger partial charge >= 0.3 is 6.18 Å². The molecular formula is C15H17F3N2S. The van der Waals surface area contributed by atoms with E-state index in [9.17, 15) is 13.2 Å². The molecule has 114 valence electrons. The molecule has 0 aliphatic heterocycles. The Balaban J connectivity index is 1.97. The first-order valence-electron chi connectivity index (χ1n) is 6.69. The minimum absolute atomic E-state index is 0.0623. The van der Waals surface area contributed by atoms with E-state index in [1.807, 2.05) is 24.4 Å². The van der Waals surface area contributed by atoms with Gasteiger partial charge in [-0.3, -0.25) is 4.98 Å². The Morgan fingerprint density at radius 2 is 1.95 bits per heavy atom. The maximum atomic E-state index is 13.1. The third kappa shape index (κ3) is 4.82. The summed E-state index contributed by atoms with van der Waals surface area (Å²) >= 11 is 1.56. The van der Waals surface area contributed by atoms with Gasteiger partial charge in [-0.1, -0.05) is 13.0 Å². The summed E-state index contributed by atoms with van der Waals surface area (Å²) in [5, 5.41) is 4.59. The molecule has 2 heterocycles. The highest BCUT2D eigenvalue weighted by molar-refractivity contribution is 7.10. The van der Waals surface area contributed by atoms with Crippen molar-refractivity contribution in [3.63, 3.8) is 0 Å². The van der Waals surface area contributed by atoms with Gasteiger partial charge in [0, 0.05) is 29.7 Å². The van der Waals surface area contributed by atoms with Gasteiger partial charge in [0.25, 0.3) is 0 Å². The lowest BCUT2D eigenvalue weighted by Gasteiger charge is -2.23. The summed E-state index contributed by atoms with van der Waals surface area (Å²) in [7, 11) is 0. The van der Waals surface area contributed by atoms with Crippen molar-refractivity contribution >= 4 is 11.3 Å². The van der Waals surface area contributed by atoms with E-state index in [0.29, 0.717) is 12.1 Å². The van der Waals surface area contributed by atoms with Crippen LogP contribution in [0.2, 0.25) is 0 Å². The fourth-order valence-electron chi connectivity index (χ4n) is 2.05. The summed E-state index contributed by atoms with van der Waals surface area (Å²) in [6.45, 7) is 2.23.